The largest absolute Gasteiger partial charge is 0.472 e. The van der Waals surface area contributed by atoms with E-state index in [1.165, 1.54) is 11.1 Å². The predicted molar refractivity (Wildman–Crippen MR) is 116 cm³/mol. The molecule has 0 N–H and O–H groups in total. The third kappa shape index (κ3) is 4.82. The molecule has 0 unspecified atom stereocenters. The summed E-state index contributed by atoms with van der Waals surface area (Å²) in [4.78, 5) is 17.5. The van der Waals surface area contributed by atoms with Gasteiger partial charge in [-0.25, -0.2) is 0 Å². The Kier molecular flexibility index (Phi) is 6.33. The van der Waals surface area contributed by atoms with Gasteiger partial charge >= 0.3 is 0 Å². The van der Waals surface area contributed by atoms with Crippen molar-refractivity contribution in [2.24, 2.45) is 13.0 Å². The van der Waals surface area contributed by atoms with Crippen LogP contribution in [0.25, 0.3) is 0 Å². The first kappa shape index (κ1) is 20.4. The minimum absolute atomic E-state index is 0.00245. The lowest BCUT2D eigenvalue weighted by molar-refractivity contribution is 0.0578. The maximum atomic E-state index is 13.1. The zero-order chi connectivity index (χ0) is 20.9. The predicted octanol–water partition coefficient (Wildman–Crippen LogP) is 3.61. The van der Waals surface area contributed by atoms with Crippen LogP contribution in [0.5, 0.6) is 0 Å². The van der Waals surface area contributed by atoms with Crippen LogP contribution in [-0.2, 0) is 20.0 Å². The topological polar surface area (TPSA) is 54.5 Å². The molecule has 1 amide bonds. The summed E-state index contributed by atoms with van der Waals surface area (Å²) in [6, 6.07) is 14.5. The maximum Gasteiger partial charge on any atom is 0.274 e. The smallest absolute Gasteiger partial charge is 0.274 e. The molecule has 6 heteroatoms. The Hall–Kier alpha value is -2.86. The van der Waals surface area contributed by atoms with Gasteiger partial charge in [0.25, 0.3) is 5.91 Å². The Bertz CT molecular complexity index is 927. The van der Waals surface area contributed by atoms with E-state index in [2.05, 4.69) is 34.3 Å². The molecular weight excluding hydrogens is 376 g/mol. The summed E-state index contributed by atoms with van der Waals surface area (Å²) in [6.07, 6.45) is 8.40. The molecule has 4 rings (SSSR count). The first-order chi connectivity index (χ1) is 14.6. The molecule has 2 aromatic heterocycles. The van der Waals surface area contributed by atoms with Gasteiger partial charge in [0.1, 0.15) is 5.69 Å². The van der Waals surface area contributed by atoms with Crippen LogP contribution >= 0.6 is 0 Å². The molecule has 3 heterocycles. The number of amides is 1. The first-order valence-corrected chi connectivity index (χ1v) is 10.6. The second-order valence-corrected chi connectivity index (χ2v) is 8.29. The number of piperidine rings is 1. The molecule has 1 aliphatic heterocycles. The van der Waals surface area contributed by atoms with Crippen molar-refractivity contribution >= 4 is 5.91 Å². The van der Waals surface area contributed by atoms with E-state index in [0.29, 0.717) is 11.6 Å². The van der Waals surface area contributed by atoms with Gasteiger partial charge < -0.3 is 9.32 Å². The van der Waals surface area contributed by atoms with Crippen molar-refractivity contribution in [2.75, 3.05) is 20.1 Å². The number of nitrogens with zero attached hydrogens (tertiary/aromatic N) is 4. The van der Waals surface area contributed by atoms with E-state index < -0.39 is 0 Å². The van der Waals surface area contributed by atoms with Crippen LogP contribution in [0.2, 0.25) is 0 Å². The van der Waals surface area contributed by atoms with Gasteiger partial charge in [0, 0.05) is 38.4 Å². The van der Waals surface area contributed by atoms with E-state index in [4.69, 9.17) is 4.42 Å². The van der Waals surface area contributed by atoms with Crippen molar-refractivity contribution in [1.82, 2.24) is 19.6 Å². The molecule has 0 aliphatic carbocycles. The number of aromatic nitrogens is 2. The number of carbonyl (C=O) groups is 1. The third-order valence-corrected chi connectivity index (χ3v) is 6.20. The number of furan rings is 1. The zero-order valence-electron chi connectivity index (χ0n) is 17.8. The van der Waals surface area contributed by atoms with Gasteiger partial charge in [0.2, 0.25) is 0 Å². The number of hydrogen-bond acceptors (Lipinski definition) is 4. The van der Waals surface area contributed by atoms with E-state index in [0.717, 1.165) is 38.9 Å². The molecule has 0 radical (unpaired) electrons. The van der Waals surface area contributed by atoms with Crippen LogP contribution in [-0.4, -0.2) is 51.7 Å². The van der Waals surface area contributed by atoms with Crippen LogP contribution in [0.1, 0.15) is 34.5 Å². The maximum absolute atomic E-state index is 13.1. The monoisotopic (exact) mass is 406 g/mol. The van der Waals surface area contributed by atoms with E-state index >= 15 is 0 Å². The number of hydrogen-bond donors (Lipinski definition) is 0. The van der Waals surface area contributed by atoms with Crippen LogP contribution in [0, 0.1) is 5.92 Å². The van der Waals surface area contributed by atoms with Crippen LogP contribution in [0.15, 0.2) is 65.6 Å². The van der Waals surface area contributed by atoms with Gasteiger partial charge in [-0.1, -0.05) is 30.3 Å². The van der Waals surface area contributed by atoms with Crippen LogP contribution < -0.4 is 0 Å². The third-order valence-electron chi connectivity index (χ3n) is 6.20. The number of likely N-dealkylation sites (tertiary alicyclic amines) is 1. The summed E-state index contributed by atoms with van der Waals surface area (Å²) in [6.45, 7) is 2.99. The standard InChI is InChI=1S/C24H30N4O2/c1-26-12-10-22(25-26)24(29)27(2)23(16-19-6-4-3-5-7-19)21-8-13-28(14-9-21)17-20-11-15-30-18-20/h3-7,10-12,15,18,21,23H,8-9,13-14,16-17H2,1-2H3/t23-/m1/s1. The molecule has 1 fully saturated rings. The molecule has 0 saturated carbocycles. The Morgan fingerprint density at radius 1 is 1.17 bits per heavy atom. The van der Waals surface area contributed by atoms with Crippen LogP contribution in [0.4, 0.5) is 0 Å². The fraction of sp³-hybridized carbons (Fsp3) is 0.417. The van der Waals surface area contributed by atoms with Crippen LogP contribution in [0.3, 0.4) is 0 Å². The van der Waals surface area contributed by atoms with Crippen molar-refractivity contribution in [3.63, 3.8) is 0 Å². The lowest BCUT2D eigenvalue weighted by Crippen LogP contribution is -2.47. The number of rotatable bonds is 7. The molecule has 6 nitrogen and oxygen atoms in total. The van der Waals surface area contributed by atoms with E-state index in [1.807, 2.05) is 43.6 Å². The summed E-state index contributed by atoms with van der Waals surface area (Å²) in [7, 11) is 3.77. The van der Waals surface area contributed by atoms with Gasteiger partial charge in [-0.3, -0.25) is 14.4 Å². The van der Waals surface area contributed by atoms with Crippen molar-refractivity contribution < 1.29 is 9.21 Å². The molecule has 1 aromatic carbocycles. The molecule has 3 aromatic rings. The van der Waals surface area contributed by atoms with Crippen molar-refractivity contribution in [2.45, 2.75) is 31.8 Å². The quantitative estimate of drug-likeness (QED) is 0.602. The lowest BCUT2D eigenvalue weighted by atomic mass is 9.84. The highest BCUT2D eigenvalue weighted by molar-refractivity contribution is 5.92. The summed E-state index contributed by atoms with van der Waals surface area (Å²) < 4.78 is 6.89. The normalized spacial score (nSPS) is 16.5. The fourth-order valence-corrected chi connectivity index (χ4v) is 4.47. The Balaban J connectivity index is 1.46. The van der Waals surface area contributed by atoms with Gasteiger partial charge in [0.15, 0.2) is 0 Å². The Morgan fingerprint density at radius 2 is 1.93 bits per heavy atom. The van der Waals surface area contributed by atoms with Gasteiger partial charge in [-0.15, -0.1) is 0 Å². The highest BCUT2D eigenvalue weighted by Gasteiger charge is 2.32. The molecule has 158 valence electrons. The molecule has 1 saturated heterocycles. The summed E-state index contributed by atoms with van der Waals surface area (Å²) in [5.41, 5.74) is 3.00. The summed E-state index contributed by atoms with van der Waals surface area (Å²) in [5, 5.41) is 4.33. The molecule has 0 bridgehead atoms. The number of carbonyl (C=O) groups excluding carboxylic acids is 1. The van der Waals surface area contributed by atoms with Gasteiger partial charge in [-0.05, 0) is 56.0 Å². The Morgan fingerprint density at radius 3 is 2.57 bits per heavy atom. The lowest BCUT2D eigenvalue weighted by Gasteiger charge is -2.40. The first-order valence-electron chi connectivity index (χ1n) is 10.6. The van der Waals surface area contributed by atoms with E-state index in [1.54, 1.807) is 17.0 Å². The summed E-state index contributed by atoms with van der Waals surface area (Å²) in [5.74, 6) is 0.459. The molecule has 1 aliphatic rings. The van der Waals surface area contributed by atoms with E-state index in [9.17, 15) is 4.79 Å². The second-order valence-electron chi connectivity index (χ2n) is 8.29. The molecule has 30 heavy (non-hydrogen) atoms. The van der Waals surface area contributed by atoms with Crippen molar-refractivity contribution in [3.8, 4) is 0 Å². The van der Waals surface area contributed by atoms with Crippen molar-refractivity contribution in [1.29, 1.82) is 0 Å². The van der Waals surface area contributed by atoms with E-state index in [-0.39, 0.29) is 11.9 Å². The highest BCUT2D eigenvalue weighted by atomic mass is 16.3. The molecule has 1 atom stereocenters. The average molecular weight is 407 g/mol. The second kappa shape index (κ2) is 9.30. The molecule has 0 spiro atoms. The SMILES string of the molecule is CN(C(=O)c1ccn(C)n1)[C@H](Cc1ccccc1)C1CCN(Cc2ccoc2)CC1. The van der Waals surface area contributed by atoms with Gasteiger partial charge in [-0.2, -0.15) is 5.10 Å². The number of likely N-dealkylation sites (N-methyl/N-ethyl adjacent to an activating group) is 1. The summed E-state index contributed by atoms with van der Waals surface area (Å²) >= 11 is 0. The van der Waals surface area contributed by atoms with Crippen molar-refractivity contribution in [3.05, 3.63) is 78.0 Å². The molecular formula is C24H30N4O2. The number of aryl methyl sites for hydroxylation is 1. The van der Waals surface area contributed by atoms with Gasteiger partial charge in [0.05, 0.1) is 12.5 Å². The minimum atomic E-state index is -0.00245. The number of benzene rings is 1. The minimum Gasteiger partial charge on any atom is -0.472 e. The Labute approximate surface area is 178 Å². The average Bonchev–Trinajstić information content (AvgIpc) is 3.44. The zero-order valence-corrected chi connectivity index (χ0v) is 17.8. The fourth-order valence-electron chi connectivity index (χ4n) is 4.47. The highest BCUT2D eigenvalue weighted by Crippen LogP contribution is 2.28.